The van der Waals surface area contributed by atoms with Crippen molar-refractivity contribution >= 4 is 29.5 Å². The smallest absolute Gasteiger partial charge is 0.417 e. The Bertz CT molecular complexity index is 2100. The molecule has 0 aliphatic carbocycles. The lowest BCUT2D eigenvalue weighted by Gasteiger charge is -2.35. The fraction of sp³-hybridized carbons (Fsp3) is 0.150. The van der Waals surface area contributed by atoms with Gasteiger partial charge < -0.3 is 9.84 Å². The Morgan fingerprint density at radius 2 is 1.49 bits per heavy atom. The minimum atomic E-state index is -2.99. The lowest BCUT2D eigenvalue weighted by Crippen LogP contribution is -2.47. The van der Waals surface area contributed by atoms with E-state index in [4.69, 9.17) is 4.74 Å². The molecule has 49 heavy (non-hydrogen) atoms. The maximum Gasteiger partial charge on any atom is 0.417 e. The van der Waals surface area contributed by atoms with Gasteiger partial charge in [-0.1, -0.05) is 128 Å². The van der Waals surface area contributed by atoms with Gasteiger partial charge in [0.2, 0.25) is 11.7 Å². The molecule has 4 atom stereocenters. The fourth-order valence-electron chi connectivity index (χ4n) is 5.87. The lowest BCUT2D eigenvalue weighted by molar-refractivity contribution is -0.141. The monoisotopic (exact) mass is 653 g/mol. The number of imide groups is 1. The standard InChI is InChI=1S/C40H33N3O6/c1-40(29-19-9-4-10-20-29,25-34(44)43-33(26-49-39(43)48)27-15-5-2-6-16-27)37(38(46)47)42-35(28-17-7-3-8-18-28)30-21-11-12-22-31(30)36(45)32-23-13-14-24-41-32/h2-24,33,37H,25-26H2,1H3,(H,46,47)/t33-,37-,40-/m1/s1/i25D,37D/t25-,33-,37-,40-. The molecule has 5 aromatic rings. The average Bonchev–Trinajstić information content (AvgIpc) is 3.57. The van der Waals surface area contributed by atoms with Crippen molar-refractivity contribution < 1.29 is 31.8 Å². The molecule has 4 aromatic carbocycles. The highest BCUT2D eigenvalue weighted by Crippen LogP contribution is 2.38. The van der Waals surface area contributed by atoms with E-state index in [9.17, 15) is 27.0 Å². The van der Waals surface area contributed by atoms with Crippen molar-refractivity contribution in [2.45, 2.75) is 30.8 Å². The molecule has 9 nitrogen and oxygen atoms in total. The van der Waals surface area contributed by atoms with Crippen molar-refractivity contribution in [3.8, 4) is 0 Å². The van der Waals surface area contributed by atoms with Crippen LogP contribution < -0.4 is 0 Å². The number of aliphatic imine (C=N–C) groups is 1. The van der Waals surface area contributed by atoms with Crippen LogP contribution >= 0.6 is 0 Å². The van der Waals surface area contributed by atoms with Gasteiger partial charge in [-0.3, -0.25) is 19.6 Å². The summed E-state index contributed by atoms with van der Waals surface area (Å²) in [7, 11) is 0. The number of hydrogen-bond acceptors (Lipinski definition) is 7. The molecule has 0 unspecified atom stereocenters. The van der Waals surface area contributed by atoms with Gasteiger partial charge in [-0.2, -0.15) is 0 Å². The normalized spacial score (nSPS) is 18.2. The Kier molecular flexibility index (Phi) is 8.78. The van der Waals surface area contributed by atoms with Crippen LogP contribution in [-0.4, -0.2) is 57.1 Å². The van der Waals surface area contributed by atoms with E-state index in [2.05, 4.69) is 9.98 Å². The van der Waals surface area contributed by atoms with Crippen LogP contribution in [0, 0.1) is 0 Å². The van der Waals surface area contributed by atoms with Crippen LogP contribution in [-0.2, 0) is 19.7 Å². The van der Waals surface area contributed by atoms with Gasteiger partial charge in [-0.15, -0.1) is 0 Å². The predicted molar refractivity (Wildman–Crippen MR) is 183 cm³/mol. The quantitative estimate of drug-likeness (QED) is 0.125. The van der Waals surface area contributed by atoms with E-state index in [0.717, 1.165) is 4.90 Å². The highest BCUT2D eigenvalue weighted by molar-refractivity contribution is 6.21. The summed E-state index contributed by atoms with van der Waals surface area (Å²) in [4.78, 5) is 64.6. The number of carboxylic acids is 1. The molecule has 1 aliphatic rings. The number of ether oxygens (including phenoxy) is 1. The van der Waals surface area contributed by atoms with Gasteiger partial charge in [0.05, 0.1) is 7.08 Å². The van der Waals surface area contributed by atoms with Gasteiger partial charge >= 0.3 is 12.1 Å². The van der Waals surface area contributed by atoms with Crippen LogP contribution in [0.3, 0.4) is 0 Å². The summed E-state index contributed by atoms with van der Waals surface area (Å²) in [6, 6.07) is 32.6. The number of amides is 2. The average molecular weight is 654 g/mol. The van der Waals surface area contributed by atoms with Crippen LogP contribution in [0.25, 0.3) is 0 Å². The second-order valence-electron chi connectivity index (χ2n) is 11.5. The van der Waals surface area contributed by atoms with Crippen molar-refractivity contribution in [3.05, 3.63) is 173 Å². The Morgan fingerprint density at radius 1 is 0.898 bits per heavy atom. The van der Waals surface area contributed by atoms with Crippen molar-refractivity contribution in [2.75, 3.05) is 6.61 Å². The maximum atomic E-state index is 14.4. The minimum absolute atomic E-state index is 0.0302. The molecule has 6 rings (SSSR count). The summed E-state index contributed by atoms with van der Waals surface area (Å²) in [5.41, 5.74) is -0.646. The summed E-state index contributed by atoms with van der Waals surface area (Å²) in [6.45, 7) is 1.15. The number of aliphatic carboxylic acids is 1. The van der Waals surface area contributed by atoms with E-state index in [-0.39, 0.29) is 34.7 Å². The first-order valence-corrected chi connectivity index (χ1v) is 15.5. The zero-order valence-corrected chi connectivity index (χ0v) is 26.5. The molecule has 1 fully saturated rings. The van der Waals surface area contributed by atoms with Crippen molar-refractivity contribution in [1.29, 1.82) is 0 Å². The molecule has 1 saturated heterocycles. The molecular formula is C40H33N3O6. The minimum Gasteiger partial charge on any atom is -0.480 e. The number of hydrogen-bond donors (Lipinski definition) is 1. The zero-order chi connectivity index (χ0) is 36.2. The molecule has 2 amide bonds. The van der Waals surface area contributed by atoms with Crippen LogP contribution in [0.1, 0.15) is 60.4 Å². The number of carbonyl (C=O) groups is 4. The first kappa shape index (κ1) is 30.1. The van der Waals surface area contributed by atoms with Crippen LogP contribution in [0.5, 0.6) is 0 Å². The molecule has 1 aromatic heterocycles. The summed E-state index contributed by atoms with van der Waals surface area (Å²) >= 11 is 0. The highest BCUT2D eigenvalue weighted by Gasteiger charge is 2.47. The number of aromatic nitrogens is 1. The number of benzene rings is 4. The Labute approximate surface area is 286 Å². The van der Waals surface area contributed by atoms with E-state index in [0.29, 0.717) is 11.1 Å². The molecule has 9 heteroatoms. The second kappa shape index (κ2) is 14.3. The van der Waals surface area contributed by atoms with Gasteiger partial charge in [0, 0.05) is 36.1 Å². The van der Waals surface area contributed by atoms with Gasteiger partial charge in [0.1, 0.15) is 18.3 Å². The van der Waals surface area contributed by atoms with Gasteiger partial charge in [-0.25, -0.2) is 14.5 Å². The Hall–Kier alpha value is -6.22. The molecule has 0 radical (unpaired) electrons. The number of nitrogens with zero attached hydrogens (tertiary/aromatic N) is 3. The van der Waals surface area contributed by atoms with Gasteiger partial charge in [0.15, 0.2) is 6.02 Å². The molecule has 244 valence electrons. The van der Waals surface area contributed by atoms with Crippen LogP contribution in [0.4, 0.5) is 4.79 Å². The summed E-state index contributed by atoms with van der Waals surface area (Å²) in [5.74, 6) is -3.28. The van der Waals surface area contributed by atoms with E-state index >= 15 is 0 Å². The summed E-state index contributed by atoms with van der Waals surface area (Å²) < 4.78 is 24.6. The van der Waals surface area contributed by atoms with Crippen LogP contribution in [0.2, 0.25) is 0 Å². The lowest BCUT2D eigenvalue weighted by atomic mass is 9.72. The maximum absolute atomic E-state index is 14.4. The first-order valence-electron chi connectivity index (χ1n) is 16.6. The first-order chi connectivity index (χ1) is 24.6. The molecule has 1 N–H and O–H groups in total. The van der Waals surface area contributed by atoms with Gasteiger partial charge in [-0.05, 0) is 23.3 Å². The molecule has 1 aliphatic heterocycles. The number of carbonyl (C=O) groups excluding carboxylic acids is 3. The Morgan fingerprint density at radius 3 is 2.12 bits per heavy atom. The molecule has 0 bridgehead atoms. The summed E-state index contributed by atoms with van der Waals surface area (Å²) in [5, 5.41) is 11.0. The third kappa shape index (κ3) is 6.78. The zero-order valence-electron chi connectivity index (χ0n) is 28.5. The molecule has 0 saturated carbocycles. The fourth-order valence-corrected chi connectivity index (χ4v) is 5.87. The number of pyridine rings is 1. The topological polar surface area (TPSA) is 126 Å². The van der Waals surface area contributed by atoms with Crippen molar-refractivity contribution in [1.82, 2.24) is 9.88 Å². The third-order valence-corrected chi connectivity index (χ3v) is 8.37. The van der Waals surface area contributed by atoms with E-state index < -0.39 is 47.6 Å². The summed E-state index contributed by atoms with van der Waals surface area (Å²) in [6.07, 6.45) is -1.56. The SMILES string of the molecule is [2H][C@H](C(=O)N1C(=O)OC[C@@H]1c1ccccc1)[C@](C)(c1ccccc1)[C@]([2H])(N=C(c1ccccc1)c1ccccc1C(=O)c1ccccn1)C(=O)O. The Balaban J connectivity index is 1.57. The van der Waals surface area contributed by atoms with E-state index in [1.165, 1.54) is 25.3 Å². The van der Waals surface area contributed by atoms with Crippen molar-refractivity contribution in [3.63, 3.8) is 0 Å². The van der Waals surface area contributed by atoms with Crippen LogP contribution in [0.15, 0.2) is 145 Å². The largest absolute Gasteiger partial charge is 0.480 e. The van der Waals surface area contributed by atoms with E-state index in [1.54, 1.807) is 121 Å². The van der Waals surface area contributed by atoms with Gasteiger partial charge in [0.25, 0.3) is 0 Å². The molecule has 0 spiro atoms. The number of carboxylic acid groups (broad SMARTS) is 1. The number of cyclic esters (lactones) is 1. The number of ketones is 1. The van der Waals surface area contributed by atoms with E-state index in [1.807, 2.05) is 0 Å². The third-order valence-electron chi connectivity index (χ3n) is 8.37. The number of rotatable bonds is 11. The van der Waals surface area contributed by atoms with Crippen molar-refractivity contribution in [2.24, 2.45) is 4.99 Å². The highest BCUT2D eigenvalue weighted by atomic mass is 16.6. The molecular weight excluding hydrogens is 618 g/mol. The molecule has 2 heterocycles. The predicted octanol–water partition coefficient (Wildman–Crippen LogP) is 6.67. The second-order valence-corrected chi connectivity index (χ2v) is 11.5.